The Morgan fingerprint density at radius 2 is 1.78 bits per heavy atom. The van der Waals surface area contributed by atoms with Gasteiger partial charge in [-0.2, -0.15) is 0 Å². The van der Waals surface area contributed by atoms with Gasteiger partial charge in [0.1, 0.15) is 5.82 Å². The SMILES string of the molecule is COC(=O)N[C@@H]1CC[C@@H](n2c(=O)n(C)c3cnc(Nc4cc(NC(=O)C5CCC5)cc(C5CCOCC5)c4)cc32)C1. The minimum absolute atomic E-state index is 0.0458. The molecule has 11 nitrogen and oxygen atoms in total. The summed E-state index contributed by atoms with van der Waals surface area (Å²) in [4.78, 5) is 42.4. The molecular weight excluding hydrogens is 524 g/mol. The summed E-state index contributed by atoms with van der Waals surface area (Å²) in [6.45, 7) is 1.46. The third kappa shape index (κ3) is 5.68. The molecule has 2 saturated carbocycles. The van der Waals surface area contributed by atoms with Crippen LogP contribution in [0, 0.1) is 5.92 Å². The van der Waals surface area contributed by atoms with Crippen LogP contribution in [-0.4, -0.2) is 52.5 Å². The van der Waals surface area contributed by atoms with Gasteiger partial charge in [0.25, 0.3) is 0 Å². The van der Waals surface area contributed by atoms with E-state index in [2.05, 4.69) is 33.1 Å². The van der Waals surface area contributed by atoms with E-state index in [9.17, 15) is 14.4 Å². The Labute approximate surface area is 238 Å². The quantitative estimate of drug-likeness (QED) is 0.385. The van der Waals surface area contributed by atoms with Crippen LogP contribution in [0.3, 0.4) is 0 Å². The number of carbonyl (C=O) groups is 2. The van der Waals surface area contributed by atoms with Gasteiger partial charge in [-0.25, -0.2) is 14.6 Å². The summed E-state index contributed by atoms with van der Waals surface area (Å²) in [6.07, 6.45) is 8.33. The molecular formula is C30H38N6O5. The van der Waals surface area contributed by atoms with E-state index < -0.39 is 6.09 Å². The van der Waals surface area contributed by atoms with Crippen molar-refractivity contribution in [2.45, 2.75) is 69.4 Å². The first-order valence-electron chi connectivity index (χ1n) is 14.6. The molecule has 2 aromatic heterocycles. The normalized spacial score (nSPS) is 21.4. The number of pyridine rings is 1. The van der Waals surface area contributed by atoms with Gasteiger partial charge in [0.05, 0.1) is 24.3 Å². The molecule has 0 spiro atoms. The highest BCUT2D eigenvalue weighted by atomic mass is 16.5. The number of benzene rings is 1. The van der Waals surface area contributed by atoms with Gasteiger partial charge in [-0.05, 0) is 74.6 Å². The fourth-order valence-electron chi connectivity index (χ4n) is 6.35. The number of alkyl carbamates (subject to hydrolysis) is 1. The molecule has 1 aliphatic heterocycles. The number of anilines is 3. The van der Waals surface area contributed by atoms with Gasteiger partial charge in [-0.3, -0.25) is 13.9 Å². The number of fused-ring (bicyclic) bond motifs is 1. The average Bonchev–Trinajstić information content (AvgIpc) is 3.49. The number of aromatic nitrogens is 3. The summed E-state index contributed by atoms with van der Waals surface area (Å²) in [7, 11) is 3.10. The van der Waals surface area contributed by atoms with Crippen LogP contribution in [0.4, 0.5) is 22.0 Å². The number of amides is 2. The molecule has 6 rings (SSSR count). The van der Waals surface area contributed by atoms with E-state index in [4.69, 9.17) is 9.47 Å². The first-order valence-corrected chi connectivity index (χ1v) is 14.6. The van der Waals surface area contributed by atoms with Gasteiger partial charge in [0, 0.05) is 55.7 Å². The maximum Gasteiger partial charge on any atom is 0.407 e. The predicted octanol–water partition coefficient (Wildman–Crippen LogP) is 4.56. The Kier molecular flexibility index (Phi) is 7.70. The van der Waals surface area contributed by atoms with E-state index in [-0.39, 0.29) is 29.6 Å². The van der Waals surface area contributed by atoms with Crippen molar-refractivity contribution in [3.05, 3.63) is 46.5 Å². The van der Waals surface area contributed by atoms with Crippen LogP contribution in [0.15, 0.2) is 35.3 Å². The maximum absolute atomic E-state index is 13.3. The summed E-state index contributed by atoms with van der Waals surface area (Å²) < 4.78 is 13.8. The lowest BCUT2D eigenvalue weighted by molar-refractivity contribution is -0.122. The van der Waals surface area contributed by atoms with Crippen molar-refractivity contribution in [1.29, 1.82) is 0 Å². The highest BCUT2D eigenvalue weighted by molar-refractivity contribution is 5.93. The zero-order valence-electron chi connectivity index (χ0n) is 23.7. The zero-order chi connectivity index (χ0) is 28.5. The van der Waals surface area contributed by atoms with Crippen LogP contribution in [0.1, 0.15) is 68.9 Å². The van der Waals surface area contributed by atoms with Crippen LogP contribution in [-0.2, 0) is 21.3 Å². The molecule has 1 saturated heterocycles. The molecule has 2 aliphatic carbocycles. The molecule has 0 radical (unpaired) electrons. The molecule has 3 aliphatic rings. The highest BCUT2D eigenvalue weighted by Gasteiger charge is 2.30. The second-order valence-electron chi connectivity index (χ2n) is 11.5. The molecule has 0 unspecified atom stereocenters. The average molecular weight is 563 g/mol. The van der Waals surface area contributed by atoms with Crippen molar-refractivity contribution in [3.8, 4) is 0 Å². The summed E-state index contributed by atoms with van der Waals surface area (Å²) in [6, 6.07) is 7.97. The molecule has 11 heteroatoms. The van der Waals surface area contributed by atoms with E-state index in [1.54, 1.807) is 17.8 Å². The van der Waals surface area contributed by atoms with Crippen molar-refractivity contribution < 1.29 is 19.1 Å². The lowest BCUT2D eigenvalue weighted by Crippen LogP contribution is -2.33. The molecule has 3 heterocycles. The topological polar surface area (TPSA) is 129 Å². The van der Waals surface area contributed by atoms with Crippen LogP contribution in [0.2, 0.25) is 0 Å². The number of rotatable bonds is 7. The van der Waals surface area contributed by atoms with Crippen molar-refractivity contribution in [1.82, 2.24) is 19.4 Å². The Balaban J connectivity index is 1.29. The molecule has 41 heavy (non-hydrogen) atoms. The van der Waals surface area contributed by atoms with Gasteiger partial charge in [0.15, 0.2) is 0 Å². The molecule has 2 atom stereocenters. The Bertz CT molecular complexity index is 1500. The van der Waals surface area contributed by atoms with E-state index in [0.717, 1.165) is 86.1 Å². The maximum atomic E-state index is 13.3. The molecule has 2 amide bonds. The van der Waals surface area contributed by atoms with Gasteiger partial charge in [-0.15, -0.1) is 0 Å². The zero-order valence-corrected chi connectivity index (χ0v) is 23.7. The number of nitrogens with one attached hydrogen (secondary N) is 3. The largest absolute Gasteiger partial charge is 0.453 e. The molecule has 218 valence electrons. The molecule has 0 bridgehead atoms. The number of aryl methyl sites for hydroxylation is 1. The van der Waals surface area contributed by atoms with E-state index in [0.29, 0.717) is 18.2 Å². The third-order valence-corrected chi connectivity index (χ3v) is 8.92. The predicted molar refractivity (Wildman–Crippen MR) is 156 cm³/mol. The monoisotopic (exact) mass is 562 g/mol. The van der Waals surface area contributed by atoms with Crippen molar-refractivity contribution in [3.63, 3.8) is 0 Å². The number of hydrogen-bond donors (Lipinski definition) is 3. The van der Waals surface area contributed by atoms with Crippen molar-refractivity contribution in [2.75, 3.05) is 31.0 Å². The fraction of sp³-hybridized carbons (Fsp3) is 0.533. The van der Waals surface area contributed by atoms with Crippen LogP contribution < -0.4 is 21.6 Å². The summed E-state index contributed by atoms with van der Waals surface area (Å²) in [5.41, 5.74) is 4.20. The number of hydrogen-bond acceptors (Lipinski definition) is 7. The fourth-order valence-corrected chi connectivity index (χ4v) is 6.35. The minimum atomic E-state index is -0.456. The second-order valence-corrected chi connectivity index (χ2v) is 11.5. The van der Waals surface area contributed by atoms with Crippen LogP contribution >= 0.6 is 0 Å². The summed E-state index contributed by atoms with van der Waals surface area (Å²) >= 11 is 0. The Morgan fingerprint density at radius 1 is 1.00 bits per heavy atom. The van der Waals surface area contributed by atoms with E-state index in [1.807, 2.05) is 16.7 Å². The molecule has 3 N–H and O–H groups in total. The molecule has 3 aromatic rings. The third-order valence-electron chi connectivity index (χ3n) is 8.92. The highest BCUT2D eigenvalue weighted by Crippen LogP contribution is 2.35. The standard InChI is InChI=1S/C30H38N6O5/c1-35-26-17-31-27(16-25(26)36(30(35)39)24-7-6-21(15-24)34-29(38)40-2)32-22-12-20(18-8-10-41-11-9-18)13-23(14-22)33-28(37)19-4-3-5-19/h12-14,16-19,21,24H,3-11,15H2,1-2H3,(H,31,32)(H,33,37)(H,34,38)/t21-,24-/m1/s1. The number of carbonyl (C=O) groups excluding carboxylic acids is 2. The van der Waals surface area contributed by atoms with Gasteiger partial charge < -0.3 is 25.4 Å². The second kappa shape index (κ2) is 11.6. The van der Waals surface area contributed by atoms with Crippen molar-refractivity contribution in [2.24, 2.45) is 13.0 Å². The summed E-state index contributed by atoms with van der Waals surface area (Å²) in [5.74, 6) is 1.14. The van der Waals surface area contributed by atoms with Crippen LogP contribution in [0.25, 0.3) is 11.0 Å². The Hall–Kier alpha value is -3.86. The smallest absolute Gasteiger partial charge is 0.407 e. The first-order chi connectivity index (χ1) is 19.9. The van der Waals surface area contributed by atoms with Gasteiger partial charge in [0.2, 0.25) is 5.91 Å². The summed E-state index contributed by atoms with van der Waals surface area (Å²) in [5, 5.41) is 9.45. The number of nitrogens with zero attached hydrogens (tertiary/aromatic N) is 3. The number of ether oxygens (including phenoxy) is 2. The van der Waals surface area contributed by atoms with Gasteiger partial charge in [-0.1, -0.05) is 6.42 Å². The van der Waals surface area contributed by atoms with Crippen molar-refractivity contribution >= 4 is 40.2 Å². The number of methoxy groups -OCH3 is 1. The van der Waals surface area contributed by atoms with E-state index in [1.165, 1.54) is 7.11 Å². The lowest BCUT2D eigenvalue weighted by Gasteiger charge is -2.26. The lowest BCUT2D eigenvalue weighted by atomic mass is 9.84. The molecule has 1 aromatic carbocycles. The number of imidazole rings is 1. The first kappa shape index (κ1) is 27.3. The molecule has 3 fully saturated rings. The van der Waals surface area contributed by atoms with Crippen LogP contribution in [0.5, 0.6) is 0 Å². The van der Waals surface area contributed by atoms with E-state index >= 15 is 0 Å². The Morgan fingerprint density at radius 3 is 2.51 bits per heavy atom. The minimum Gasteiger partial charge on any atom is -0.453 e. The van der Waals surface area contributed by atoms with Gasteiger partial charge >= 0.3 is 11.8 Å².